The van der Waals surface area contributed by atoms with Gasteiger partial charge in [-0.15, -0.1) is 0 Å². The van der Waals surface area contributed by atoms with E-state index in [0.29, 0.717) is 18.5 Å². The SMILES string of the molecule is COC(=O)[C@H]1Cc2ccccc2N1C(=O)C[C@@H]1CCS(=O)(=O)C1. The van der Waals surface area contributed by atoms with Crippen molar-refractivity contribution >= 4 is 27.4 Å². The molecule has 0 unspecified atom stereocenters. The minimum atomic E-state index is -3.02. The number of fused-ring (bicyclic) bond motifs is 1. The summed E-state index contributed by atoms with van der Waals surface area (Å²) in [5.41, 5.74) is 1.64. The van der Waals surface area contributed by atoms with Crippen molar-refractivity contribution in [3.63, 3.8) is 0 Å². The number of ether oxygens (including phenoxy) is 1. The van der Waals surface area contributed by atoms with E-state index < -0.39 is 21.8 Å². The molecule has 1 aromatic rings. The summed E-state index contributed by atoms with van der Waals surface area (Å²) in [6.45, 7) is 0. The van der Waals surface area contributed by atoms with E-state index in [4.69, 9.17) is 4.74 Å². The van der Waals surface area contributed by atoms with Gasteiger partial charge < -0.3 is 4.74 Å². The first-order valence-electron chi connectivity index (χ1n) is 7.59. The molecule has 124 valence electrons. The molecule has 7 heteroatoms. The first-order valence-corrected chi connectivity index (χ1v) is 9.41. The van der Waals surface area contributed by atoms with Gasteiger partial charge in [0.05, 0.1) is 18.6 Å². The Morgan fingerprint density at radius 3 is 2.70 bits per heavy atom. The lowest BCUT2D eigenvalue weighted by Gasteiger charge is -2.24. The van der Waals surface area contributed by atoms with Crippen LogP contribution in [-0.4, -0.2) is 45.0 Å². The van der Waals surface area contributed by atoms with Crippen molar-refractivity contribution in [2.75, 3.05) is 23.5 Å². The Morgan fingerprint density at radius 1 is 1.30 bits per heavy atom. The molecule has 0 radical (unpaired) electrons. The average molecular weight is 337 g/mol. The van der Waals surface area contributed by atoms with Gasteiger partial charge in [-0.2, -0.15) is 0 Å². The number of nitrogens with zero attached hydrogens (tertiary/aromatic N) is 1. The fraction of sp³-hybridized carbons (Fsp3) is 0.500. The van der Waals surface area contributed by atoms with Crippen molar-refractivity contribution in [1.29, 1.82) is 0 Å². The molecule has 1 aromatic carbocycles. The van der Waals surface area contributed by atoms with Gasteiger partial charge in [-0.1, -0.05) is 18.2 Å². The summed E-state index contributed by atoms with van der Waals surface area (Å²) in [6.07, 6.45) is 1.07. The number of rotatable bonds is 3. The smallest absolute Gasteiger partial charge is 0.329 e. The number of benzene rings is 1. The molecule has 2 aliphatic rings. The summed E-state index contributed by atoms with van der Waals surface area (Å²) in [4.78, 5) is 26.2. The van der Waals surface area contributed by atoms with Crippen molar-refractivity contribution in [3.8, 4) is 0 Å². The Bertz CT molecular complexity index is 743. The Hall–Kier alpha value is -1.89. The lowest BCUT2D eigenvalue weighted by molar-refractivity contribution is -0.143. The van der Waals surface area contributed by atoms with Gasteiger partial charge >= 0.3 is 5.97 Å². The van der Waals surface area contributed by atoms with Crippen molar-refractivity contribution in [1.82, 2.24) is 0 Å². The fourth-order valence-corrected chi connectivity index (χ4v) is 5.26. The summed E-state index contributed by atoms with van der Waals surface area (Å²) in [6, 6.07) is 6.71. The zero-order chi connectivity index (χ0) is 16.6. The van der Waals surface area contributed by atoms with Gasteiger partial charge in [0.1, 0.15) is 6.04 Å². The molecule has 0 aliphatic carbocycles. The molecule has 0 aromatic heterocycles. The van der Waals surface area contributed by atoms with Crippen LogP contribution in [0.25, 0.3) is 0 Å². The molecular formula is C16H19NO5S. The minimum Gasteiger partial charge on any atom is -0.467 e. The van der Waals surface area contributed by atoms with Crippen LogP contribution in [0.3, 0.4) is 0 Å². The molecule has 0 saturated carbocycles. The van der Waals surface area contributed by atoms with Crippen LogP contribution in [0.5, 0.6) is 0 Å². The van der Waals surface area contributed by atoms with Crippen molar-refractivity contribution in [2.24, 2.45) is 5.92 Å². The summed E-state index contributed by atoms with van der Waals surface area (Å²) in [5, 5.41) is 0. The number of sulfone groups is 1. The van der Waals surface area contributed by atoms with Gasteiger partial charge in [-0.3, -0.25) is 9.69 Å². The quantitative estimate of drug-likeness (QED) is 0.767. The van der Waals surface area contributed by atoms with E-state index in [-0.39, 0.29) is 29.8 Å². The van der Waals surface area contributed by atoms with E-state index in [9.17, 15) is 18.0 Å². The monoisotopic (exact) mass is 337 g/mol. The van der Waals surface area contributed by atoms with Gasteiger partial charge in [-0.25, -0.2) is 13.2 Å². The highest BCUT2D eigenvalue weighted by atomic mass is 32.2. The molecule has 6 nitrogen and oxygen atoms in total. The second-order valence-corrected chi connectivity index (χ2v) is 8.34. The molecule has 0 bridgehead atoms. The highest BCUT2D eigenvalue weighted by molar-refractivity contribution is 7.91. The average Bonchev–Trinajstić information content (AvgIpc) is 3.06. The topological polar surface area (TPSA) is 80.8 Å². The van der Waals surface area contributed by atoms with E-state index in [1.807, 2.05) is 24.3 Å². The minimum absolute atomic E-state index is 0.0527. The molecule has 23 heavy (non-hydrogen) atoms. The van der Waals surface area contributed by atoms with Crippen LogP contribution in [0.2, 0.25) is 0 Å². The first-order chi connectivity index (χ1) is 10.9. The van der Waals surface area contributed by atoms with Crippen LogP contribution in [-0.2, 0) is 30.6 Å². The predicted molar refractivity (Wildman–Crippen MR) is 84.8 cm³/mol. The summed E-state index contributed by atoms with van der Waals surface area (Å²) < 4.78 is 27.9. The summed E-state index contributed by atoms with van der Waals surface area (Å²) in [5.74, 6) is -0.640. The van der Waals surface area contributed by atoms with Gasteiger partial charge in [0, 0.05) is 18.5 Å². The molecule has 1 saturated heterocycles. The Labute approximate surface area is 135 Å². The van der Waals surface area contributed by atoms with Crippen LogP contribution >= 0.6 is 0 Å². The van der Waals surface area contributed by atoms with Gasteiger partial charge in [-0.05, 0) is 24.0 Å². The number of hydrogen-bond donors (Lipinski definition) is 0. The van der Waals surface area contributed by atoms with Gasteiger partial charge in [0.2, 0.25) is 5.91 Å². The third kappa shape index (κ3) is 3.10. The fourth-order valence-electron chi connectivity index (χ4n) is 3.40. The predicted octanol–water partition coefficient (Wildman–Crippen LogP) is 0.942. The lowest BCUT2D eigenvalue weighted by atomic mass is 10.0. The van der Waals surface area contributed by atoms with Crippen LogP contribution in [0.4, 0.5) is 5.69 Å². The highest BCUT2D eigenvalue weighted by Crippen LogP contribution is 2.34. The molecule has 2 atom stereocenters. The number of carbonyl (C=O) groups excluding carboxylic acids is 2. The summed E-state index contributed by atoms with van der Waals surface area (Å²) in [7, 11) is -1.72. The van der Waals surface area contributed by atoms with Crippen LogP contribution in [0.1, 0.15) is 18.4 Å². The number of methoxy groups -OCH3 is 1. The van der Waals surface area contributed by atoms with Crippen LogP contribution in [0.15, 0.2) is 24.3 Å². The second kappa shape index (κ2) is 5.96. The molecule has 1 fully saturated rings. The second-order valence-electron chi connectivity index (χ2n) is 6.11. The molecule has 0 N–H and O–H groups in total. The van der Waals surface area contributed by atoms with Crippen molar-refractivity contribution in [2.45, 2.75) is 25.3 Å². The van der Waals surface area contributed by atoms with E-state index >= 15 is 0 Å². The number of carbonyl (C=O) groups is 2. The third-order valence-corrected chi connectivity index (χ3v) is 6.35. The Morgan fingerprint density at radius 2 is 2.04 bits per heavy atom. The van der Waals surface area contributed by atoms with E-state index in [1.165, 1.54) is 12.0 Å². The zero-order valence-corrected chi connectivity index (χ0v) is 13.7. The Balaban J connectivity index is 1.82. The molecule has 1 amide bonds. The molecule has 2 heterocycles. The summed E-state index contributed by atoms with van der Waals surface area (Å²) >= 11 is 0. The number of esters is 1. The maximum absolute atomic E-state index is 12.7. The third-order valence-electron chi connectivity index (χ3n) is 4.51. The maximum atomic E-state index is 12.7. The normalized spacial score (nSPS) is 25.2. The number of para-hydroxylation sites is 1. The van der Waals surface area contributed by atoms with E-state index in [2.05, 4.69) is 0 Å². The van der Waals surface area contributed by atoms with E-state index in [1.54, 1.807) is 0 Å². The largest absolute Gasteiger partial charge is 0.467 e. The van der Waals surface area contributed by atoms with Crippen molar-refractivity contribution in [3.05, 3.63) is 29.8 Å². The Kier molecular flexibility index (Phi) is 4.14. The number of amides is 1. The van der Waals surface area contributed by atoms with Crippen LogP contribution < -0.4 is 4.90 Å². The molecule has 3 rings (SSSR count). The van der Waals surface area contributed by atoms with E-state index in [0.717, 1.165) is 5.56 Å². The lowest BCUT2D eigenvalue weighted by Crippen LogP contribution is -2.44. The van der Waals surface area contributed by atoms with Crippen molar-refractivity contribution < 1.29 is 22.7 Å². The first kappa shape index (κ1) is 16.0. The molecule has 2 aliphatic heterocycles. The molecular weight excluding hydrogens is 318 g/mol. The maximum Gasteiger partial charge on any atom is 0.329 e. The zero-order valence-electron chi connectivity index (χ0n) is 12.9. The standard InChI is InChI=1S/C16H19NO5S/c1-22-16(19)14-9-12-4-2-3-5-13(12)17(14)15(18)8-11-6-7-23(20,21)10-11/h2-5,11,14H,6-10H2,1H3/t11-,14+/m0/s1. The molecule has 0 spiro atoms. The number of anilines is 1. The highest BCUT2D eigenvalue weighted by Gasteiger charge is 2.40. The number of hydrogen-bond acceptors (Lipinski definition) is 5. The van der Waals surface area contributed by atoms with Gasteiger partial charge in [0.25, 0.3) is 0 Å². The van der Waals surface area contributed by atoms with Gasteiger partial charge in [0.15, 0.2) is 9.84 Å². The van der Waals surface area contributed by atoms with Crippen LogP contribution in [0, 0.1) is 5.92 Å².